The number of rotatable bonds is 5. The van der Waals surface area contributed by atoms with Gasteiger partial charge in [-0.3, -0.25) is 14.2 Å². The average Bonchev–Trinajstić information content (AvgIpc) is 3.24. The molecule has 2 heterocycles. The fourth-order valence-corrected chi connectivity index (χ4v) is 4.25. The van der Waals surface area contributed by atoms with Crippen LogP contribution in [0.5, 0.6) is 5.75 Å². The molecule has 4 rings (SSSR count). The summed E-state index contributed by atoms with van der Waals surface area (Å²) in [5, 5.41) is 4.56. The SMILES string of the molecule is COc1ccccc1-n1c(=O)c2sccc2n(CC(=O)Nc2ccc(C)c(C)c2)c1=O. The van der Waals surface area contributed by atoms with Crippen molar-refractivity contribution in [3.05, 3.63) is 85.9 Å². The van der Waals surface area contributed by atoms with Crippen LogP contribution in [0.3, 0.4) is 0 Å². The van der Waals surface area contributed by atoms with Gasteiger partial charge in [0.05, 0.1) is 18.3 Å². The molecule has 31 heavy (non-hydrogen) atoms. The Morgan fingerprint density at radius 3 is 2.58 bits per heavy atom. The van der Waals surface area contributed by atoms with E-state index in [9.17, 15) is 14.4 Å². The Kier molecular flexibility index (Phi) is 5.48. The number of methoxy groups -OCH3 is 1. The van der Waals surface area contributed by atoms with Crippen molar-refractivity contribution in [2.24, 2.45) is 0 Å². The highest BCUT2D eigenvalue weighted by Crippen LogP contribution is 2.22. The van der Waals surface area contributed by atoms with Crippen LogP contribution in [0.2, 0.25) is 0 Å². The van der Waals surface area contributed by atoms with Crippen LogP contribution in [0.1, 0.15) is 11.1 Å². The van der Waals surface area contributed by atoms with Crippen LogP contribution < -0.4 is 21.3 Å². The van der Waals surface area contributed by atoms with E-state index < -0.39 is 11.2 Å². The Morgan fingerprint density at radius 1 is 1.06 bits per heavy atom. The molecule has 8 heteroatoms. The zero-order valence-corrected chi connectivity index (χ0v) is 18.2. The molecule has 0 saturated heterocycles. The molecule has 1 amide bonds. The number of aromatic nitrogens is 2. The molecule has 0 unspecified atom stereocenters. The number of hydrogen-bond acceptors (Lipinski definition) is 5. The molecule has 0 aliphatic carbocycles. The molecule has 0 aliphatic rings. The number of para-hydroxylation sites is 2. The molecule has 7 nitrogen and oxygen atoms in total. The van der Waals surface area contributed by atoms with Crippen LogP contribution in [-0.2, 0) is 11.3 Å². The highest BCUT2D eigenvalue weighted by atomic mass is 32.1. The molecule has 0 saturated carbocycles. The van der Waals surface area contributed by atoms with Gasteiger partial charge in [-0.25, -0.2) is 9.36 Å². The van der Waals surface area contributed by atoms with E-state index >= 15 is 0 Å². The number of nitrogens with one attached hydrogen (secondary N) is 1. The lowest BCUT2D eigenvalue weighted by atomic mass is 10.1. The lowest BCUT2D eigenvalue weighted by Gasteiger charge is -2.14. The van der Waals surface area contributed by atoms with Gasteiger partial charge in [0.25, 0.3) is 5.56 Å². The Hall–Kier alpha value is -3.65. The molecule has 4 aromatic rings. The first kappa shape index (κ1) is 20.6. The fraction of sp³-hybridized carbons (Fsp3) is 0.174. The van der Waals surface area contributed by atoms with Crippen LogP contribution in [-0.4, -0.2) is 22.2 Å². The minimum Gasteiger partial charge on any atom is -0.495 e. The number of hydrogen-bond donors (Lipinski definition) is 1. The minimum absolute atomic E-state index is 0.228. The number of amides is 1. The van der Waals surface area contributed by atoms with Gasteiger partial charge in [0.1, 0.15) is 17.0 Å². The molecular formula is C23H21N3O4S. The van der Waals surface area contributed by atoms with Gasteiger partial charge in [0, 0.05) is 5.69 Å². The van der Waals surface area contributed by atoms with Crippen molar-refractivity contribution in [2.45, 2.75) is 20.4 Å². The summed E-state index contributed by atoms with van der Waals surface area (Å²) in [6, 6.07) is 14.1. The Labute approximate surface area is 182 Å². The molecule has 1 N–H and O–H groups in total. The summed E-state index contributed by atoms with van der Waals surface area (Å²) in [6.45, 7) is 3.73. The highest BCUT2D eigenvalue weighted by molar-refractivity contribution is 7.17. The average molecular weight is 436 g/mol. The normalized spacial score (nSPS) is 10.9. The fourth-order valence-electron chi connectivity index (χ4n) is 3.43. The van der Waals surface area contributed by atoms with E-state index in [-0.39, 0.29) is 12.5 Å². The van der Waals surface area contributed by atoms with E-state index in [0.29, 0.717) is 27.3 Å². The Morgan fingerprint density at radius 2 is 1.84 bits per heavy atom. The first-order valence-corrected chi connectivity index (χ1v) is 10.5. The van der Waals surface area contributed by atoms with Crippen molar-refractivity contribution < 1.29 is 9.53 Å². The molecule has 0 spiro atoms. The molecular weight excluding hydrogens is 414 g/mol. The van der Waals surface area contributed by atoms with E-state index in [2.05, 4.69) is 5.32 Å². The third-order valence-corrected chi connectivity index (χ3v) is 6.06. The number of carbonyl (C=O) groups excluding carboxylic acids is 1. The second-order valence-corrected chi connectivity index (χ2v) is 8.08. The molecule has 2 aromatic carbocycles. The van der Waals surface area contributed by atoms with Crippen molar-refractivity contribution in [2.75, 3.05) is 12.4 Å². The smallest absolute Gasteiger partial charge is 0.336 e. The summed E-state index contributed by atoms with van der Waals surface area (Å²) in [5.41, 5.74) is 2.56. The Balaban J connectivity index is 1.80. The monoisotopic (exact) mass is 435 g/mol. The number of fused-ring (bicyclic) bond motifs is 1. The number of carbonyl (C=O) groups is 1. The molecule has 0 fully saturated rings. The first-order valence-electron chi connectivity index (χ1n) is 9.64. The highest BCUT2D eigenvalue weighted by Gasteiger charge is 2.19. The van der Waals surface area contributed by atoms with Gasteiger partial charge in [-0.15, -0.1) is 11.3 Å². The summed E-state index contributed by atoms with van der Waals surface area (Å²) in [5.74, 6) is 0.0341. The number of ether oxygens (including phenoxy) is 1. The van der Waals surface area contributed by atoms with Crippen LogP contribution in [0.4, 0.5) is 5.69 Å². The predicted octanol–water partition coefficient (Wildman–Crippen LogP) is 3.48. The van der Waals surface area contributed by atoms with Gasteiger partial charge in [-0.05, 0) is 60.7 Å². The number of anilines is 1. The van der Waals surface area contributed by atoms with Crippen LogP contribution in [0.15, 0.2) is 63.5 Å². The quantitative estimate of drug-likeness (QED) is 0.520. The lowest BCUT2D eigenvalue weighted by Crippen LogP contribution is -2.40. The summed E-state index contributed by atoms with van der Waals surface area (Å²) in [7, 11) is 1.48. The third-order valence-electron chi connectivity index (χ3n) is 5.17. The summed E-state index contributed by atoms with van der Waals surface area (Å²) >= 11 is 1.23. The zero-order valence-electron chi connectivity index (χ0n) is 17.3. The molecule has 0 bridgehead atoms. The van der Waals surface area contributed by atoms with Gasteiger partial charge in [-0.2, -0.15) is 0 Å². The first-order chi connectivity index (χ1) is 14.9. The molecule has 2 aromatic heterocycles. The summed E-state index contributed by atoms with van der Waals surface area (Å²) in [4.78, 5) is 39.2. The van der Waals surface area contributed by atoms with E-state index in [4.69, 9.17) is 4.74 Å². The second kappa shape index (κ2) is 8.23. The van der Waals surface area contributed by atoms with Crippen molar-refractivity contribution in [3.8, 4) is 11.4 Å². The van der Waals surface area contributed by atoms with Gasteiger partial charge < -0.3 is 10.1 Å². The van der Waals surface area contributed by atoms with Gasteiger partial charge in [0.2, 0.25) is 5.91 Å². The van der Waals surface area contributed by atoms with Crippen molar-refractivity contribution in [1.82, 2.24) is 9.13 Å². The van der Waals surface area contributed by atoms with Crippen LogP contribution >= 0.6 is 11.3 Å². The maximum absolute atomic E-state index is 13.4. The number of nitrogens with zero attached hydrogens (tertiary/aromatic N) is 2. The summed E-state index contributed by atoms with van der Waals surface area (Å²) < 4.78 is 8.11. The van der Waals surface area contributed by atoms with Crippen LogP contribution in [0.25, 0.3) is 15.9 Å². The van der Waals surface area contributed by atoms with Gasteiger partial charge >= 0.3 is 5.69 Å². The zero-order chi connectivity index (χ0) is 22.1. The maximum atomic E-state index is 13.4. The van der Waals surface area contributed by atoms with E-state index in [1.807, 2.05) is 32.0 Å². The van der Waals surface area contributed by atoms with E-state index in [0.717, 1.165) is 15.7 Å². The number of aryl methyl sites for hydroxylation is 2. The topological polar surface area (TPSA) is 82.3 Å². The van der Waals surface area contributed by atoms with Gasteiger partial charge in [-0.1, -0.05) is 18.2 Å². The number of benzene rings is 2. The van der Waals surface area contributed by atoms with Crippen molar-refractivity contribution in [1.29, 1.82) is 0 Å². The maximum Gasteiger partial charge on any atom is 0.336 e. The summed E-state index contributed by atoms with van der Waals surface area (Å²) in [6.07, 6.45) is 0. The third kappa shape index (κ3) is 3.77. The molecule has 0 radical (unpaired) electrons. The predicted molar refractivity (Wildman–Crippen MR) is 123 cm³/mol. The minimum atomic E-state index is -0.601. The molecule has 158 valence electrons. The van der Waals surface area contributed by atoms with Gasteiger partial charge in [0.15, 0.2) is 0 Å². The van der Waals surface area contributed by atoms with Crippen LogP contribution in [0, 0.1) is 13.8 Å². The molecule has 0 aliphatic heterocycles. The van der Waals surface area contributed by atoms with E-state index in [1.165, 1.54) is 23.0 Å². The standard InChI is InChI=1S/C23H21N3O4S/c1-14-8-9-16(12-15(14)2)24-20(27)13-25-18-10-11-31-21(18)22(28)26(23(25)29)17-6-4-5-7-19(17)30-3/h4-12H,13H2,1-3H3,(H,24,27). The van der Waals surface area contributed by atoms with Crippen molar-refractivity contribution in [3.63, 3.8) is 0 Å². The lowest BCUT2D eigenvalue weighted by molar-refractivity contribution is -0.116. The largest absolute Gasteiger partial charge is 0.495 e. The second-order valence-electron chi connectivity index (χ2n) is 7.16. The Bertz CT molecular complexity index is 1410. The number of thiophene rings is 1. The van der Waals surface area contributed by atoms with Crippen molar-refractivity contribution >= 4 is 33.1 Å². The van der Waals surface area contributed by atoms with E-state index in [1.54, 1.807) is 35.7 Å². The molecule has 0 atom stereocenters.